The molecular formula is C13H17N3O. The molecule has 90 valence electrons. The van der Waals surface area contributed by atoms with E-state index < -0.39 is 0 Å². The number of rotatable bonds is 3. The molecule has 17 heavy (non-hydrogen) atoms. The Labute approximate surface area is 100 Å². The fourth-order valence-electron chi connectivity index (χ4n) is 1.61. The molecule has 0 fully saturated rings. The molecule has 0 aliphatic carbocycles. The van der Waals surface area contributed by atoms with Gasteiger partial charge in [0.15, 0.2) is 0 Å². The molecule has 1 unspecified atom stereocenters. The molecule has 0 saturated carbocycles. The average molecular weight is 231 g/mol. The lowest BCUT2D eigenvalue weighted by Crippen LogP contribution is -2.36. The molecule has 0 aliphatic rings. The van der Waals surface area contributed by atoms with Crippen LogP contribution in [0.4, 0.5) is 0 Å². The third kappa shape index (κ3) is 2.30. The van der Waals surface area contributed by atoms with Crippen molar-refractivity contribution in [2.24, 2.45) is 5.92 Å². The highest BCUT2D eigenvalue weighted by Crippen LogP contribution is 2.15. The summed E-state index contributed by atoms with van der Waals surface area (Å²) in [7, 11) is 0. The highest BCUT2D eigenvalue weighted by atomic mass is 16.1. The standard InChI is InChI=1S/C13H17N3O/c1-8(2)9(3)15-13(17)11-6-4-5-10-7-14-16-12(10)11/h4-9H,1-3H3,(H,14,16)(H,15,17). The number of amides is 1. The minimum Gasteiger partial charge on any atom is -0.349 e. The van der Waals surface area contributed by atoms with E-state index in [9.17, 15) is 4.79 Å². The lowest BCUT2D eigenvalue weighted by Gasteiger charge is -2.17. The number of fused-ring (bicyclic) bond motifs is 1. The van der Waals surface area contributed by atoms with Gasteiger partial charge in [0.2, 0.25) is 0 Å². The van der Waals surface area contributed by atoms with Crippen molar-refractivity contribution < 1.29 is 4.79 Å². The molecule has 2 rings (SSSR count). The van der Waals surface area contributed by atoms with Gasteiger partial charge in [0.25, 0.3) is 5.91 Å². The summed E-state index contributed by atoms with van der Waals surface area (Å²) in [6.45, 7) is 6.18. The number of H-pyrrole nitrogens is 1. The first-order valence-corrected chi connectivity index (χ1v) is 5.82. The number of benzene rings is 1. The Morgan fingerprint density at radius 3 is 2.82 bits per heavy atom. The molecule has 1 aromatic heterocycles. The van der Waals surface area contributed by atoms with Crippen molar-refractivity contribution >= 4 is 16.8 Å². The Kier molecular flexibility index (Phi) is 3.13. The predicted octanol–water partition coefficient (Wildman–Crippen LogP) is 2.34. The van der Waals surface area contributed by atoms with Gasteiger partial charge in [-0.15, -0.1) is 0 Å². The highest BCUT2D eigenvalue weighted by Gasteiger charge is 2.15. The first-order valence-electron chi connectivity index (χ1n) is 5.82. The van der Waals surface area contributed by atoms with Crippen molar-refractivity contribution in [1.82, 2.24) is 15.5 Å². The Morgan fingerprint density at radius 1 is 1.35 bits per heavy atom. The van der Waals surface area contributed by atoms with Crippen LogP contribution in [0.5, 0.6) is 0 Å². The lowest BCUT2D eigenvalue weighted by molar-refractivity contribution is 0.0932. The van der Waals surface area contributed by atoms with Crippen LogP contribution in [0, 0.1) is 5.92 Å². The summed E-state index contributed by atoms with van der Waals surface area (Å²) in [5.74, 6) is 0.362. The second-order valence-corrected chi connectivity index (χ2v) is 4.65. The number of carbonyl (C=O) groups is 1. The Balaban J connectivity index is 2.27. The zero-order valence-electron chi connectivity index (χ0n) is 10.3. The smallest absolute Gasteiger partial charge is 0.253 e. The normalized spacial score (nSPS) is 12.9. The molecule has 0 spiro atoms. The van der Waals surface area contributed by atoms with E-state index >= 15 is 0 Å². The maximum Gasteiger partial charge on any atom is 0.253 e. The van der Waals surface area contributed by atoms with E-state index in [0.29, 0.717) is 11.5 Å². The van der Waals surface area contributed by atoms with E-state index in [4.69, 9.17) is 0 Å². The lowest BCUT2D eigenvalue weighted by atomic mass is 10.1. The van der Waals surface area contributed by atoms with Crippen LogP contribution in [0.3, 0.4) is 0 Å². The number of aromatic amines is 1. The number of hydrogen-bond acceptors (Lipinski definition) is 2. The number of nitrogens with one attached hydrogen (secondary N) is 2. The van der Waals surface area contributed by atoms with E-state index in [2.05, 4.69) is 29.4 Å². The van der Waals surface area contributed by atoms with Crippen molar-refractivity contribution in [3.63, 3.8) is 0 Å². The van der Waals surface area contributed by atoms with E-state index in [1.807, 2.05) is 25.1 Å². The van der Waals surface area contributed by atoms with E-state index in [1.54, 1.807) is 6.20 Å². The molecule has 0 radical (unpaired) electrons. The van der Waals surface area contributed by atoms with Crippen LogP contribution >= 0.6 is 0 Å². The summed E-state index contributed by atoms with van der Waals surface area (Å²) in [4.78, 5) is 12.1. The maximum absolute atomic E-state index is 12.1. The van der Waals surface area contributed by atoms with Gasteiger partial charge in [0.1, 0.15) is 0 Å². The minimum atomic E-state index is -0.0546. The molecule has 2 N–H and O–H groups in total. The molecule has 0 aliphatic heterocycles. The molecule has 4 heteroatoms. The van der Waals surface area contributed by atoms with Crippen LogP contribution in [-0.4, -0.2) is 22.1 Å². The van der Waals surface area contributed by atoms with Gasteiger partial charge in [-0.3, -0.25) is 9.89 Å². The fraction of sp³-hybridized carbons (Fsp3) is 0.385. The van der Waals surface area contributed by atoms with E-state index in [-0.39, 0.29) is 11.9 Å². The molecule has 1 amide bonds. The molecular weight excluding hydrogens is 214 g/mol. The van der Waals surface area contributed by atoms with Gasteiger partial charge in [-0.1, -0.05) is 26.0 Å². The first kappa shape index (κ1) is 11.6. The van der Waals surface area contributed by atoms with Crippen LogP contribution in [0.15, 0.2) is 24.4 Å². The van der Waals surface area contributed by atoms with Crippen LogP contribution < -0.4 is 5.32 Å². The van der Waals surface area contributed by atoms with Crippen LogP contribution in [0.1, 0.15) is 31.1 Å². The van der Waals surface area contributed by atoms with Crippen LogP contribution in [-0.2, 0) is 0 Å². The van der Waals surface area contributed by atoms with Crippen molar-refractivity contribution in [2.45, 2.75) is 26.8 Å². The first-order chi connectivity index (χ1) is 8.09. The van der Waals surface area contributed by atoms with E-state index in [0.717, 1.165) is 10.9 Å². The van der Waals surface area contributed by atoms with Crippen LogP contribution in [0.25, 0.3) is 10.9 Å². The van der Waals surface area contributed by atoms with Crippen molar-refractivity contribution in [3.8, 4) is 0 Å². The van der Waals surface area contributed by atoms with Gasteiger partial charge in [0.05, 0.1) is 17.3 Å². The van der Waals surface area contributed by atoms with Crippen molar-refractivity contribution in [1.29, 1.82) is 0 Å². The average Bonchev–Trinajstić information content (AvgIpc) is 2.76. The number of hydrogen-bond donors (Lipinski definition) is 2. The molecule has 0 saturated heterocycles. The van der Waals surface area contributed by atoms with Gasteiger partial charge in [-0.25, -0.2) is 0 Å². The molecule has 4 nitrogen and oxygen atoms in total. The monoisotopic (exact) mass is 231 g/mol. The highest BCUT2D eigenvalue weighted by molar-refractivity contribution is 6.05. The fourth-order valence-corrected chi connectivity index (χ4v) is 1.61. The summed E-state index contributed by atoms with van der Waals surface area (Å²) in [6.07, 6.45) is 1.72. The molecule has 1 aromatic carbocycles. The summed E-state index contributed by atoms with van der Waals surface area (Å²) in [5, 5.41) is 10.8. The van der Waals surface area contributed by atoms with Gasteiger partial charge in [-0.2, -0.15) is 5.10 Å². The van der Waals surface area contributed by atoms with Crippen LogP contribution in [0.2, 0.25) is 0 Å². The summed E-state index contributed by atoms with van der Waals surface area (Å²) < 4.78 is 0. The van der Waals surface area contributed by atoms with E-state index in [1.165, 1.54) is 0 Å². The third-order valence-electron chi connectivity index (χ3n) is 3.08. The summed E-state index contributed by atoms with van der Waals surface area (Å²) in [6, 6.07) is 5.76. The quantitative estimate of drug-likeness (QED) is 0.851. The van der Waals surface area contributed by atoms with Crippen molar-refractivity contribution in [3.05, 3.63) is 30.0 Å². The zero-order chi connectivity index (χ0) is 12.4. The Hall–Kier alpha value is -1.84. The van der Waals surface area contributed by atoms with Gasteiger partial charge < -0.3 is 5.32 Å². The van der Waals surface area contributed by atoms with Gasteiger partial charge in [-0.05, 0) is 18.9 Å². The maximum atomic E-state index is 12.1. The zero-order valence-corrected chi connectivity index (χ0v) is 10.3. The Morgan fingerprint density at radius 2 is 2.12 bits per heavy atom. The second-order valence-electron chi connectivity index (χ2n) is 4.65. The number of carbonyl (C=O) groups excluding carboxylic acids is 1. The molecule has 1 heterocycles. The third-order valence-corrected chi connectivity index (χ3v) is 3.08. The summed E-state index contributed by atoms with van der Waals surface area (Å²) in [5.41, 5.74) is 1.44. The number of aromatic nitrogens is 2. The second kappa shape index (κ2) is 4.57. The van der Waals surface area contributed by atoms with Crippen molar-refractivity contribution in [2.75, 3.05) is 0 Å². The number of para-hydroxylation sites is 1. The largest absolute Gasteiger partial charge is 0.349 e. The summed E-state index contributed by atoms with van der Waals surface area (Å²) >= 11 is 0. The Bertz CT molecular complexity index is 530. The predicted molar refractivity (Wildman–Crippen MR) is 67.9 cm³/mol. The number of nitrogens with zero attached hydrogens (tertiary/aromatic N) is 1. The molecule has 2 aromatic rings. The molecule has 1 atom stereocenters. The van der Waals surface area contributed by atoms with Gasteiger partial charge >= 0.3 is 0 Å². The molecule has 0 bridgehead atoms. The minimum absolute atomic E-state index is 0.0546. The van der Waals surface area contributed by atoms with Gasteiger partial charge in [0, 0.05) is 11.4 Å². The SMILES string of the molecule is CC(C)C(C)NC(=O)c1cccc2cn[nH]c12. The topological polar surface area (TPSA) is 57.8 Å².